The van der Waals surface area contributed by atoms with Gasteiger partial charge in [0.25, 0.3) is 0 Å². The first-order valence-corrected chi connectivity index (χ1v) is 6.76. The van der Waals surface area contributed by atoms with Gasteiger partial charge in [0.15, 0.2) is 0 Å². The van der Waals surface area contributed by atoms with Crippen molar-refractivity contribution in [3.05, 3.63) is 28.4 Å². The summed E-state index contributed by atoms with van der Waals surface area (Å²) >= 11 is 11.9. The standard InChI is InChI=1S/C13H15Cl2N3O2/c1-18(6-8(19)7-20-2)13-5-16-11-3-9(14)10(15)4-12(11)17-13/h3-5,8,19H,6-7H2,1-2H3. The number of methoxy groups -OCH3 is 1. The van der Waals surface area contributed by atoms with E-state index in [0.717, 1.165) is 0 Å². The molecular formula is C13H15Cl2N3O2. The molecule has 0 bridgehead atoms. The van der Waals surface area contributed by atoms with Gasteiger partial charge in [0.2, 0.25) is 0 Å². The Balaban J connectivity index is 2.24. The molecule has 0 saturated heterocycles. The average molecular weight is 316 g/mol. The van der Waals surface area contributed by atoms with Gasteiger partial charge in [-0.3, -0.25) is 4.98 Å². The molecule has 2 aromatic rings. The molecule has 0 saturated carbocycles. The summed E-state index contributed by atoms with van der Waals surface area (Å²) in [5.74, 6) is 0.644. The number of aliphatic hydroxyl groups excluding tert-OH is 1. The van der Waals surface area contributed by atoms with Gasteiger partial charge < -0.3 is 14.7 Å². The Morgan fingerprint density at radius 2 is 1.95 bits per heavy atom. The van der Waals surface area contributed by atoms with Crippen molar-refractivity contribution in [1.29, 1.82) is 0 Å². The van der Waals surface area contributed by atoms with E-state index in [2.05, 4.69) is 9.97 Å². The lowest BCUT2D eigenvalue weighted by atomic mass is 10.3. The van der Waals surface area contributed by atoms with Crippen molar-refractivity contribution in [1.82, 2.24) is 9.97 Å². The van der Waals surface area contributed by atoms with Crippen LogP contribution in [0.15, 0.2) is 18.3 Å². The number of anilines is 1. The lowest BCUT2D eigenvalue weighted by Crippen LogP contribution is -2.32. The number of aromatic nitrogens is 2. The second kappa shape index (κ2) is 6.54. The van der Waals surface area contributed by atoms with E-state index in [0.29, 0.717) is 33.4 Å². The van der Waals surface area contributed by atoms with Gasteiger partial charge in [0.1, 0.15) is 5.82 Å². The van der Waals surface area contributed by atoms with Crippen molar-refractivity contribution in [2.45, 2.75) is 6.10 Å². The second-order valence-corrected chi connectivity index (χ2v) is 5.29. The van der Waals surface area contributed by atoms with Gasteiger partial charge in [-0.25, -0.2) is 4.98 Å². The number of nitrogens with zero attached hydrogens (tertiary/aromatic N) is 3. The molecule has 108 valence electrons. The summed E-state index contributed by atoms with van der Waals surface area (Å²) in [6.45, 7) is 0.669. The van der Waals surface area contributed by atoms with Crippen molar-refractivity contribution < 1.29 is 9.84 Å². The minimum Gasteiger partial charge on any atom is -0.389 e. The lowest BCUT2D eigenvalue weighted by Gasteiger charge is -2.21. The molecule has 1 aromatic carbocycles. The van der Waals surface area contributed by atoms with Crippen LogP contribution in [0.3, 0.4) is 0 Å². The number of benzene rings is 1. The summed E-state index contributed by atoms with van der Waals surface area (Å²) in [4.78, 5) is 10.6. The van der Waals surface area contributed by atoms with Crippen molar-refractivity contribution in [2.24, 2.45) is 0 Å². The highest BCUT2D eigenvalue weighted by Crippen LogP contribution is 2.26. The topological polar surface area (TPSA) is 58.5 Å². The van der Waals surface area contributed by atoms with Crippen molar-refractivity contribution in [3.8, 4) is 0 Å². The van der Waals surface area contributed by atoms with Crippen LogP contribution in [0, 0.1) is 0 Å². The maximum atomic E-state index is 9.72. The summed E-state index contributed by atoms with van der Waals surface area (Å²) in [7, 11) is 3.37. The van der Waals surface area contributed by atoms with Crippen LogP contribution in [0.4, 0.5) is 5.82 Å². The van der Waals surface area contributed by atoms with Crippen LogP contribution in [0.2, 0.25) is 10.0 Å². The summed E-state index contributed by atoms with van der Waals surface area (Å²) < 4.78 is 4.89. The molecule has 0 aliphatic carbocycles. The molecule has 0 aliphatic heterocycles. The van der Waals surface area contributed by atoms with Gasteiger partial charge in [0, 0.05) is 20.7 Å². The molecule has 0 aliphatic rings. The quantitative estimate of drug-likeness (QED) is 0.918. The molecule has 1 atom stereocenters. The van der Waals surface area contributed by atoms with E-state index < -0.39 is 6.10 Å². The third-order valence-electron chi connectivity index (χ3n) is 2.81. The number of likely N-dealkylation sites (N-methyl/N-ethyl adjacent to an activating group) is 1. The monoisotopic (exact) mass is 315 g/mol. The zero-order chi connectivity index (χ0) is 14.7. The first kappa shape index (κ1) is 15.3. The maximum Gasteiger partial charge on any atom is 0.147 e. The predicted molar refractivity (Wildman–Crippen MR) is 80.7 cm³/mol. The minimum absolute atomic E-state index is 0.271. The Labute approximate surface area is 127 Å². The van der Waals surface area contributed by atoms with Crippen LogP contribution in [0.1, 0.15) is 0 Å². The molecule has 2 rings (SSSR count). The highest BCUT2D eigenvalue weighted by atomic mass is 35.5. The molecule has 1 aromatic heterocycles. The molecule has 1 heterocycles. The molecular weight excluding hydrogens is 301 g/mol. The lowest BCUT2D eigenvalue weighted by molar-refractivity contribution is 0.0694. The fraction of sp³-hybridized carbons (Fsp3) is 0.385. The number of ether oxygens (including phenoxy) is 1. The SMILES string of the molecule is COCC(O)CN(C)c1cnc2cc(Cl)c(Cl)cc2n1. The molecule has 0 amide bonds. The average Bonchev–Trinajstić information content (AvgIpc) is 2.39. The van der Waals surface area contributed by atoms with Gasteiger partial charge in [-0.05, 0) is 12.1 Å². The number of rotatable bonds is 5. The Kier molecular flexibility index (Phi) is 4.99. The number of hydrogen-bond donors (Lipinski definition) is 1. The summed E-state index contributed by atoms with van der Waals surface area (Å²) in [5.41, 5.74) is 1.33. The Morgan fingerprint density at radius 1 is 1.30 bits per heavy atom. The second-order valence-electron chi connectivity index (χ2n) is 4.47. The van der Waals surface area contributed by atoms with E-state index in [1.54, 1.807) is 30.3 Å². The molecule has 0 radical (unpaired) electrons. The van der Waals surface area contributed by atoms with Gasteiger partial charge in [-0.15, -0.1) is 0 Å². The predicted octanol–water partition coefficient (Wildman–Crippen LogP) is 2.38. The van der Waals surface area contributed by atoms with Crippen LogP contribution in [-0.2, 0) is 4.74 Å². The Bertz CT molecular complexity index is 609. The molecule has 0 spiro atoms. The molecule has 1 N–H and O–H groups in total. The van der Waals surface area contributed by atoms with Gasteiger partial charge in [-0.1, -0.05) is 23.2 Å². The van der Waals surface area contributed by atoms with E-state index in [1.165, 1.54) is 0 Å². The van der Waals surface area contributed by atoms with E-state index in [-0.39, 0.29) is 6.61 Å². The molecule has 20 heavy (non-hydrogen) atoms. The first-order chi connectivity index (χ1) is 9.51. The fourth-order valence-corrected chi connectivity index (χ4v) is 2.15. The van der Waals surface area contributed by atoms with Gasteiger partial charge in [-0.2, -0.15) is 0 Å². The maximum absolute atomic E-state index is 9.72. The highest BCUT2D eigenvalue weighted by molar-refractivity contribution is 6.42. The smallest absolute Gasteiger partial charge is 0.147 e. The van der Waals surface area contributed by atoms with Crippen molar-refractivity contribution in [2.75, 3.05) is 32.2 Å². The third-order valence-corrected chi connectivity index (χ3v) is 3.53. The van der Waals surface area contributed by atoms with Crippen LogP contribution in [-0.4, -0.2) is 48.5 Å². The highest BCUT2D eigenvalue weighted by Gasteiger charge is 2.11. The largest absolute Gasteiger partial charge is 0.389 e. The zero-order valence-corrected chi connectivity index (χ0v) is 12.7. The van der Waals surface area contributed by atoms with Gasteiger partial charge in [0.05, 0.1) is 40.0 Å². The van der Waals surface area contributed by atoms with Crippen molar-refractivity contribution >= 4 is 40.1 Å². The zero-order valence-electron chi connectivity index (χ0n) is 11.2. The van der Waals surface area contributed by atoms with E-state index in [4.69, 9.17) is 27.9 Å². The molecule has 7 heteroatoms. The minimum atomic E-state index is -0.587. The van der Waals surface area contributed by atoms with Gasteiger partial charge >= 0.3 is 0 Å². The van der Waals surface area contributed by atoms with E-state index in [1.807, 2.05) is 7.05 Å². The Morgan fingerprint density at radius 3 is 2.60 bits per heavy atom. The van der Waals surface area contributed by atoms with Crippen LogP contribution in [0.25, 0.3) is 11.0 Å². The number of hydrogen-bond acceptors (Lipinski definition) is 5. The first-order valence-electron chi connectivity index (χ1n) is 6.01. The van der Waals surface area contributed by atoms with Crippen LogP contribution in [0.5, 0.6) is 0 Å². The molecule has 0 fully saturated rings. The number of aliphatic hydroxyl groups is 1. The summed E-state index contributed by atoms with van der Waals surface area (Å²) in [6.07, 6.45) is 1.04. The number of halogens is 2. The van der Waals surface area contributed by atoms with E-state index >= 15 is 0 Å². The normalized spacial score (nSPS) is 12.7. The van der Waals surface area contributed by atoms with Crippen molar-refractivity contribution in [3.63, 3.8) is 0 Å². The van der Waals surface area contributed by atoms with Crippen LogP contribution >= 0.6 is 23.2 Å². The third kappa shape index (κ3) is 3.49. The molecule has 1 unspecified atom stereocenters. The summed E-state index contributed by atoms with van der Waals surface area (Å²) in [6, 6.07) is 3.35. The molecule has 5 nitrogen and oxygen atoms in total. The fourth-order valence-electron chi connectivity index (χ4n) is 1.84. The number of fused-ring (bicyclic) bond motifs is 1. The Hall–Kier alpha value is -1.14. The van der Waals surface area contributed by atoms with Crippen LogP contribution < -0.4 is 4.90 Å². The van der Waals surface area contributed by atoms with E-state index in [9.17, 15) is 5.11 Å². The summed E-state index contributed by atoms with van der Waals surface area (Å²) in [5, 5.41) is 10.6.